The van der Waals surface area contributed by atoms with Crippen LogP contribution in [0.3, 0.4) is 0 Å². The van der Waals surface area contributed by atoms with E-state index in [-0.39, 0.29) is 0 Å². The van der Waals surface area contributed by atoms with Crippen LogP contribution in [-0.4, -0.2) is 28.8 Å². The van der Waals surface area contributed by atoms with Crippen molar-refractivity contribution in [2.45, 2.75) is 21.6 Å². The van der Waals surface area contributed by atoms with Crippen LogP contribution in [0, 0.1) is 0 Å². The fourth-order valence-electron chi connectivity index (χ4n) is 1.51. The largest absolute Gasteiger partial charge is 0.494 e. The third kappa shape index (κ3) is 4.97. The molecule has 7 heteroatoms. The number of hydrogen-bond acceptors (Lipinski definition) is 7. The maximum atomic E-state index is 5.71. The van der Waals surface area contributed by atoms with Crippen molar-refractivity contribution in [3.05, 3.63) is 29.8 Å². The van der Waals surface area contributed by atoms with Gasteiger partial charge in [-0.1, -0.05) is 47.0 Å². The van der Waals surface area contributed by atoms with Crippen molar-refractivity contribution >= 4 is 34.9 Å². The summed E-state index contributed by atoms with van der Waals surface area (Å²) in [4.78, 5) is 0. The van der Waals surface area contributed by atoms with Crippen LogP contribution < -0.4 is 10.5 Å². The summed E-state index contributed by atoms with van der Waals surface area (Å²) in [5.74, 6) is 1.87. The van der Waals surface area contributed by atoms with Gasteiger partial charge >= 0.3 is 0 Å². The number of hydrogen-bond donors (Lipinski definition) is 1. The van der Waals surface area contributed by atoms with Gasteiger partial charge in [-0.05, 0) is 30.4 Å². The first kappa shape index (κ1) is 15.6. The van der Waals surface area contributed by atoms with Gasteiger partial charge in [-0.3, -0.25) is 0 Å². The zero-order chi connectivity index (χ0) is 14.2. The number of rotatable bonds is 8. The first-order valence-electron chi connectivity index (χ1n) is 6.24. The van der Waals surface area contributed by atoms with Crippen LogP contribution in [0.2, 0.25) is 0 Å². The molecule has 2 aromatic rings. The van der Waals surface area contributed by atoms with Crippen molar-refractivity contribution < 1.29 is 4.74 Å². The Hall–Kier alpha value is -0.760. The maximum absolute atomic E-state index is 5.71. The molecule has 0 aliphatic rings. The summed E-state index contributed by atoms with van der Waals surface area (Å²) in [6.45, 7) is 1.25. The van der Waals surface area contributed by atoms with Crippen LogP contribution in [0.25, 0.3) is 0 Å². The molecule has 0 aliphatic heterocycles. The quantitative estimate of drug-likeness (QED) is 0.593. The van der Waals surface area contributed by atoms with Crippen LogP contribution in [0.1, 0.15) is 12.0 Å². The molecule has 2 rings (SSSR count). The van der Waals surface area contributed by atoms with Crippen LogP contribution in [0.4, 0.5) is 0 Å². The van der Waals surface area contributed by atoms with Crippen LogP contribution >= 0.6 is 34.9 Å². The smallest absolute Gasteiger partial charge is 0.175 e. The van der Waals surface area contributed by atoms with E-state index in [1.165, 1.54) is 0 Å². The van der Waals surface area contributed by atoms with Gasteiger partial charge in [0.25, 0.3) is 0 Å². The van der Waals surface area contributed by atoms with Gasteiger partial charge in [0.05, 0.1) is 6.61 Å². The number of nitrogens with zero attached hydrogens (tertiary/aromatic N) is 2. The monoisotopic (exact) mass is 327 g/mol. The van der Waals surface area contributed by atoms with Crippen LogP contribution in [-0.2, 0) is 6.54 Å². The molecular weight excluding hydrogens is 310 g/mol. The highest BCUT2D eigenvalue weighted by molar-refractivity contribution is 8.02. The zero-order valence-corrected chi connectivity index (χ0v) is 13.7. The molecule has 0 unspecified atom stereocenters. The number of aromatic nitrogens is 2. The van der Waals surface area contributed by atoms with E-state index in [2.05, 4.69) is 10.2 Å². The van der Waals surface area contributed by atoms with E-state index in [1.807, 2.05) is 30.5 Å². The molecule has 0 amide bonds. The Morgan fingerprint density at radius 3 is 2.90 bits per heavy atom. The first-order valence-corrected chi connectivity index (χ1v) is 9.26. The van der Waals surface area contributed by atoms with Gasteiger partial charge in [-0.25, -0.2) is 0 Å². The lowest BCUT2D eigenvalue weighted by molar-refractivity contribution is 0.318. The van der Waals surface area contributed by atoms with Crippen molar-refractivity contribution in [3.8, 4) is 5.75 Å². The lowest BCUT2D eigenvalue weighted by atomic mass is 10.2. The summed E-state index contributed by atoms with van der Waals surface area (Å²) < 4.78 is 7.75. The highest BCUT2D eigenvalue weighted by Crippen LogP contribution is 2.27. The number of ether oxygens (including phenoxy) is 1. The molecule has 0 atom stereocenters. The number of nitrogens with two attached hydrogens (primary N) is 1. The van der Waals surface area contributed by atoms with Gasteiger partial charge in [0.2, 0.25) is 0 Å². The second-order valence-electron chi connectivity index (χ2n) is 3.94. The van der Waals surface area contributed by atoms with E-state index in [9.17, 15) is 0 Å². The molecule has 1 aromatic heterocycles. The molecule has 0 saturated heterocycles. The Morgan fingerprint density at radius 1 is 1.30 bits per heavy atom. The lowest BCUT2D eigenvalue weighted by Crippen LogP contribution is -2.00. The SMILES string of the molecule is CSc1nnc(SCCCOc2cccc(CN)c2)s1. The third-order valence-corrected chi connectivity index (χ3v) is 5.60. The second kappa shape index (κ2) is 8.51. The van der Waals surface area contributed by atoms with E-state index in [0.29, 0.717) is 13.2 Å². The number of benzene rings is 1. The third-order valence-electron chi connectivity index (χ3n) is 2.48. The Kier molecular flexibility index (Phi) is 6.65. The highest BCUT2D eigenvalue weighted by atomic mass is 32.2. The van der Waals surface area contributed by atoms with E-state index < -0.39 is 0 Å². The average molecular weight is 328 g/mol. The molecule has 0 aliphatic carbocycles. The van der Waals surface area contributed by atoms with Gasteiger partial charge in [0.15, 0.2) is 8.68 Å². The van der Waals surface area contributed by atoms with Crippen molar-refractivity contribution in [1.82, 2.24) is 10.2 Å². The molecule has 1 aromatic carbocycles. The highest BCUT2D eigenvalue weighted by Gasteiger charge is 2.03. The second-order valence-corrected chi connectivity index (χ2v) is 7.31. The van der Waals surface area contributed by atoms with Crippen molar-refractivity contribution in [1.29, 1.82) is 0 Å². The molecular formula is C13H17N3OS3. The molecule has 20 heavy (non-hydrogen) atoms. The minimum atomic E-state index is 0.544. The molecule has 0 radical (unpaired) electrons. The van der Waals surface area contributed by atoms with Crippen molar-refractivity contribution in [2.75, 3.05) is 18.6 Å². The van der Waals surface area contributed by atoms with Gasteiger partial charge < -0.3 is 10.5 Å². The Labute approximate surface area is 131 Å². The van der Waals surface area contributed by atoms with Crippen molar-refractivity contribution in [2.24, 2.45) is 5.73 Å². The van der Waals surface area contributed by atoms with Gasteiger partial charge in [-0.2, -0.15) is 0 Å². The average Bonchev–Trinajstić information content (AvgIpc) is 2.95. The summed E-state index contributed by atoms with van der Waals surface area (Å²) in [5.41, 5.74) is 6.69. The van der Waals surface area contributed by atoms with E-state index in [1.54, 1.807) is 34.9 Å². The molecule has 0 spiro atoms. The molecule has 0 saturated carbocycles. The summed E-state index contributed by atoms with van der Waals surface area (Å²) >= 11 is 5.00. The summed E-state index contributed by atoms with van der Waals surface area (Å²) in [6.07, 6.45) is 2.99. The molecule has 108 valence electrons. The lowest BCUT2D eigenvalue weighted by Gasteiger charge is -2.06. The van der Waals surface area contributed by atoms with Crippen LogP contribution in [0.15, 0.2) is 32.9 Å². The van der Waals surface area contributed by atoms with Gasteiger partial charge in [0.1, 0.15) is 5.75 Å². The Morgan fingerprint density at radius 2 is 2.15 bits per heavy atom. The van der Waals surface area contributed by atoms with E-state index >= 15 is 0 Å². The fraction of sp³-hybridized carbons (Fsp3) is 0.385. The van der Waals surface area contributed by atoms with E-state index in [0.717, 1.165) is 32.2 Å². The van der Waals surface area contributed by atoms with E-state index in [4.69, 9.17) is 10.5 Å². The summed E-state index contributed by atoms with van der Waals surface area (Å²) in [7, 11) is 0. The summed E-state index contributed by atoms with van der Waals surface area (Å²) in [6, 6.07) is 7.92. The molecule has 0 bridgehead atoms. The van der Waals surface area contributed by atoms with Gasteiger partial charge in [-0.15, -0.1) is 10.2 Å². The van der Waals surface area contributed by atoms with Gasteiger partial charge in [0, 0.05) is 12.3 Å². The standard InChI is InChI=1S/C13H17N3OS3/c1-18-12-15-16-13(20-12)19-7-3-6-17-11-5-2-4-10(8-11)9-14/h2,4-5,8H,3,6-7,9,14H2,1H3. The maximum Gasteiger partial charge on any atom is 0.175 e. The Balaban J connectivity index is 1.66. The molecule has 1 heterocycles. The normalized spacial score (nSPS) is 10.7. The van der Waals surface area contributed by atoms with Crippen LogP contribution in [0.5, 0.6) is 5.75 Å². The minimum Gasteiger partial charge on any atom is -0.494 e. The summed E-state index contributed by atoms with van der Waals surface area (Å²) in [5, 5.41) is 8.19. The predicted octanol–water partition coefficient (Wildman–Crippen LogP) is 3.28. The fourth-order valence-corrected chi connectivity index (χ4v) is 3.93. The minimum absolute atomic E-state index is 0.544. The Bertz CT molecular complexity index is 533. The topological polar surface area (TPSA) is 61.0 Å². The molecule has 4 nitrogen and oxygen atoms in total. The predicted molar refractivity (Wildman–Crippen MR) is 86.9 cm³/mol. The number of thioether (sulfide) groups is 2. The molecule has 0 fully saturated rings. The molecule has 2 N–H and O–H groups in total. The van der Waals surface area contributed by atoms with Crippen molar-refractivity contribution in [3.63, 3.8) is 0 Å². The zero-order valence-electron chi connectivity index (χ0n) is 11.2. The first-order chi connectivity index (χ1) is 9.81.